The van der Waals surface area contributed by atoms with Crippen LogP contribution in [0.3, 0.4) is 0 Å². The Morgan fingerprint density at radius 3 is 2.11 bits per heavy atom. The van der Waals surface area contributed by atoms with Crippen molar-refractivity contribution in [3.8, 4) is 29.4 Å². The van der Waals surface area contributed by atoms with Gasteiger partial charge >= 0.3 is 0 Å². The van der Waals surface area contributed by atoms with E-state index < -0.39 is 0 Å². The van der Waals surface area contributed by atoms with E-state index in [4.69, 9.17) is 14.2 Å². The van der Waals surface area contributed by atoms with Gasteiger partial charge < -0.3 is 19.5 Å². The molecule has 0 spiro atoms. The highest BCUT2D eigenvalue weighted by atomic mass is 16.5. The number of anilines is 1. The quantitative estimate of drug-likeness (QED) is 0.831. The summed E-state index contributed by atoms with van der Waals surface area (Å²) in [7, 11) is 4.64. The number of nitrogens with zero attached hydrogens (tertiary/aromatic N) is 2. The van der Waals surface area contributed by atoms with E-state index in [0.29, 0.717) is 28.5 Å². The molecule has 2 aromatic rings. The van der Waals surface area contributed by atoms with Crippen molar-refractivity contribution >= 4 is 17.0 Å². The molecule has 0 unspecified atom stereocenters. The van der Waals surface area contributed by atoms with E-state index in [-0.39, 0.29) is 5.57 Å². The lowest BCUT2D eigenvalue weighted by atomic mass is 9.93. The maximum absolute atomic E-state index is 9.36. The Morgan fingerprint density at radius 2 is 1.56 bits per heavy atom. The number of hydrogen-bond acceptors (Lipinski definition) is 6. The third-order valence-corrected chi connectivity index (χ3v) is 4.24. The van der Waals surface area contributed by atoms with Crippen LogP contribution in [0.2, 0.25) is 0 Å². The van der Waals surface area contributed by atoms with E-state index in [0.717, 1.165) is 16.8 Å². The molecular weight excluding hydrogens is 342 g/mol. The van der Waals surface area contributed by atoms with Crippen molar-refractivity contribution in [3.63, 3.8) is 0 Å². The zero-order valence-electron chi connectivity index (χ0n) is 15.2. The molecule has 134 valence electrons. The highest BCUT2D eigenvalue weighted by molar-refractivity contribution is 6.00. The lowest BCUT2D eigenvalue weighted by Crippen LogP contribution is -2.08. The summed E-state index contributed by atoms with van der Waals surface area (Å²) >= 11 is 0. The van der Waals surface area contributed by atoms with E-state index >= 15 is 0 Å². The molecule has 3 rings (SSSR count). The Bertz CT molecular complexity index is 998. The second-order valence-corrected chi connectivity index (χ2v) is 5.65. The predicted octanol–water partition coefficient (Wildman–Crippen LogP) is 3.98. The van der Waals surface area contributed by atoms with Crippen molar-refractivity contribution in [2.24, 2.45) is 0 Å². The summed E-state index contributed by atoms with van der Waals surface area (Å²) in [5.41, 5.74) is 3.71. The molecule has 1 heterocycles. The Hall–Kier alpha value is -3.90. The van der Waals surface area contributed by atoms with Crippen LogP contribution in [0.5, 0.6) is 17.2 Å². The summed E-state index contributed by atoms with van der Waals surface area (Å²) in [5.74, 6) is 1.52. The molecule has 0 atom stereocenters. The fraction of sp³-hybridized carbons (Fsp3) is 0.143. The first-order chi connectivity index (χ1) is 13.2. The summed E-state index contributed by atoms with van der Waals surface area (Å²) in [5, 5.41) is 22.1. The molecule has 0 saturated heterocycles. The number of hydrogen-bond donors (Lipinski definition) is 1. The fourth-order valence-corrected chi connectivity index (χ4v) is 2.97. The van der Waals surface area contributed by atoms with Gasteiger partial charge in [-0.3, -0.25) is 0 Å². The van der Waals surface area contributed by atoms with Crippen LogP contribution >= 0.6 is 0 Å². The minimum Gasteiger partial charge on any atom is -0.493 e. The summed E-state index contributed by atoms with van der Waals surface area (Å²) in [4.78, 5) is 0. The van der Waals surface area contributed by atoms with Crippen LogP contribution in [0.15, 0.2) is 48.0 Å². The van der Waals surface area contributed by atoms with E-state index in [1.165, 1.54) is 0 Å². The second kappa shape index (κ2) is 7.55. The second-order valence-electron chi connectivity index (χ2n) is 5.65. The lowest BCUT2D eigenvalue weighted by molar-refractivity contribution is 0.324. The highest BCUT2D eigenvalue weighted by Gasteiger charge is 2.21. The Labute approximate surface area is 157 Å². The lowest BCUT2D eigenvalue weighted by Gasteiger charge is -2.23. The number of ether oxygens (including phenoxy) is 3. The summed E-state index contributed by atoms with van der Waals surface area (Å²) < 4.78 is 16.2. The van der Waals surface area contributed by atoms with Crippen molar-refractivity contribution in [2.45, 2.75) is 0 Å². The molecule has 1 aliphatic heterocycles. The first-order valence-electron chi connectivity index (χ1n) is 8.09. The van der Waals surface area contributed by atoms with Gasteiger partial charge in [0, 0.05) is 28.1 Å². The van der Waals surface area contributed by atoms with Gasteiger partial charge in [0.1, 0.15) is 17.7 Å². The maximum Gasteiger partial charge on any atom is 0.203 e. The molecule has 0 fully saturated rings. The van der Waals surface area contributed by atoms with Crippen LogP contribution in [-0.4, -0.2) is 21.3 Å². The SMILES string of the molecule is COc1cc(C2=CC(=C(C#N)C#N)c3ccccc3N2)cc(OC)c1OC. The van der Waals surface area contributed by atoms with Gasteiger partial charge in [0.15, 0.2) is 11.5 Å². The van der Waals surface area contributed by atoms with Crippen molar-refractivity contribution in [1.29, 1.82) is 10.5 Å². The average molecular weight is 359 g/mol. The normalized spacial score (nSPS) is 11.9. The summed E-state index contributed by atoms with van der Waals surface area (Å²) in [6.45, 7) is 0. The third-order valence-electron chi connectivity index (χ3n) is 4.24. The molecule has 1 aliphatic rings. The summed E-state index contributed by atoms with van der Waals surface area (Å²) in [6, 6.07) is 15.1. The van der Waals surface area contributed by atoms with Crippen molar-refractivity contribution in [3.05, 3.63) is 59.2 Å². The minimum absolute atomic E-state index is 0.0499. The number of nitrogens with one attached hydrogen (secondary N) is 1. The molecule has 0 aromatic heterocycles. The highest BCUT2D eigenvalue weighted by Crippen LogP contribution is 2.42. The Morgan fingerprint density at radius 1 is 0.926 bits per heavy atom. The van der Waals surface area contributed by atoms with E-state index in [1.807, 2.05) is 48.5 Å². The number of benzene rings is 2. The van der Waals surface area contributed by atoms with Crippen molar-refractivity contribution in [1.82, 2.24) is 0 Å². The van der Waals surface area contributed by atoms with Crippen molar-refractivity contribution < 1.29 is 14.2 Å². The van der Waals surface area contributed by atoms with Crippen LogP contribution in [0.25, 0.3) is 11.3 Å². The van der Waals surface area contributed by atoms with Crippen LogP contribution in [0, 0.1) is 22.7 Å². The zero-order valence-corrected chi connectivity index (χ0v) is 15.2. The number of fused-ring (bicyclic) bond motifs is 1. The molecular formula is C21H17N3O3. The minimum atomic E-state index is 0.0499. The van der Waals surface area contributed by atoms with Gasteiger partial charge in [0.05, 0.1) is 21.3 Å². The van der Waals surface area contributed by atoms with Crippen LogP contribution < -0.4 is 19.5 Å². The zero-order chi connectivity index (χ0) is 19.4. The number of nitriles is 2. The van der Waals surface area contributed by atoms with Gasteiger partial charge in [-0.1, -0.05) is 18.2 Å². The fourth-order valence-electron chi connectivity index (χ4n) is 2.97. The first kappa shape index (κ1) is 17.9. The van der Waals surface area contributed by atoms with Gasteiger partial charge in [-0.25, -0.2) is 0 Å². The van der Waals surface area contributed by atoms with Gasteiger partial charge in [-0.15, -0.1) is 0 Å². The third kappa shape index (κ3) is 3.17. The monoisotopic (exact) mass is 359 g/mol. The number of rotatable bonds is 4. The molecule has 0 saturated carbocycles. The Balaban J connectivity index is 2.23. The van der Waals surface area contributed by atoms with Crippen LogP contribution in [0.1, 0.15) is 11.1 Å². The molecule has 6 nitrogen and oxygen atoms in total. The van der Waals surface area contributed by atoms with Gasteiger partial charge in [0.25, 0.3) is 0 Å². The van der Waals surface area contributed by atoms with E-state index in [9.17, 15) is 10.5 Å². The maximum atomic E-state index is 9.36. The van der Waals surface area contributed by atoms with E-state index in [2.05, 4.69) is 5.32 Å². The standard InChI is InChI=1S/C21H17N3O3/c1-25-19-8-13(9-20(26-2)21(19)27-3)18-10-16(14(11-22)12-23)15-6-4-5-7-17(15)24-18/h4-10,24H,1-3H3. The molecule has 6 heteroatoms. The molecule has 0 amide bonds. The van der Waals surface area contributed by atoms with Gasteiger partial charge in [-0.2, -0.15) is 10.5 Å². The Kier molecular flexibility index (Phi) is 5.01. The van der Waals surface area contributed by atoms with Gasteiger partial charge in [-0.05, 0) is 24.3 Å². The first-order valence-corrected chi connectivity index (χ1v) is 8.09. The molecule has 0 radical (unpaired) electrons. The number of allylic oxidation sites excluding steroid dienone is 3. The molecule has 27 heavy (non-hydrogen) atoms. The molecule has 1 N–H and O–H groups in total. The van der Waals surface area contributed by atoms with Crippen LogP contribution in [0.4, 0.5) is 5.69 Å². The smallest absolute Gasteiger partial charge is 0.203 e. The molecule has 0 aliphatic carbocycles. The summed E-state index contributed by atoms with van der Waals surface area (Å²) in [6.07, 6.45) is 1.78. The molecule has 2 aromatic carbocycles. The average Bonchev–Trinajstić information content (AvgIpc) is 2.73. The molecule has 0 bridgehead atoms. The number of methoxy groups -OCH3 is 3. The number of para-hydroxylation sites is 1. The van der Waals surface area contributed by atoms with Gasteiger partial charge in [0.2, 0.25) is 5.75 Å². The van der Waals surface area contributed by atoms with Crippen molar-refractivity contribution in [2.75, 3.05) is 26.6 Å². The van der Waals surface area contributed by atoms with Crippen LogP contribution in [-0.2, 0) is 0 Å². The largest absolute Gasteiger partial charge is 0.493 e. The predicted molar refractivity (Wildman–Crippen MR) is 102 cm³/mol. The topological polar surface area (TPSA) is 87.3 Å². The van der Waals surface area contributed by atoms with E-state index in [1.54, 1.807) is 27.4 Å².